The van der Waals surface area contributed by atoms with Crippen molar-refractivity contribution in [3.63, 3.8) is 0 Å². The largest absolute Gasteiger partial charge is 0.444 e. The molecular weight excluding hydrogens is 344 g/mol. The lowest BCUT2D eigenvalue weighted by Crippen LogP contribution is -2.34. The van der Waals surface area contributed by atoms with Crippen LogP contribution in [0.15, 0.2) is 30.3 Å². The molecule has 2 aromatic rings. The molecule has 2 amide bonds. The minimum Gasteiger partial charge on any atom is -0.444 e. The predicted molar refractivity (Wildman–Crippen MR) is 105 cm³/mol. The molecule has 0 saturated carbocycles. The summed E-state index contributed by atoms with van der Waals surface area (Å²) in [5.41, 5.74) is 2.10. The zero-order valence-corrected chi connectivity index (χ0v) is 16.8. The van der Waals surface area contributed by atoms with Crippen molar-refractivity contribution in [3.8, 4) is 0 Å². The van der Waals surface area contributed by atoms with Gasteiger partial charge in [0, 0.05) is 18.4 Å². The normalized spacial score (nSPS) is 11.4. The lowest BCUT2D eigenvalue weighted by Gasteiger charge is -2.25. The zero-order chi connectivity index (χ0) is 20.2. The van der Waals surface area contributed by atoms with Gasteiger partial charge in [0.25, 0.3) is 5.91 Å². The van der Waals surface area contributed by atoms with Crippen molar-refractivity contribution >= 4 is 17.7 Å². The zero-order valence-electron chi connectivity index (χ0n) is 16.8. The van der Waals surface area contributed by atoms with Crippen molar-refractivity contribution in [3.05, 3.63) is 47.3 Å². The third-order valence-electron chi connectivity index (χ3n) is 3.83. The number of rotatable bonds is 5. The van der Waals surface area contributed by atoms with Crippen LogP contribution in [0.1, 0.15) is 62.3 Å². The Morgan fingerprint density at radius 3 is 2.52 bits per heavy atom. The maximum absolute atomic E-state index is 12.5. The van der Waals surface area contributed by atoms with Gasteiger partial charge in [0.1, 0.15) is 5.60 Å². The molecule has 0 aliphatic heterocycles. The Hall–Kier alpha value is -2.83. The SMILES string of the molecule is CC(C)c1cc(C(=O)Nc2ccccc2CN(C)C(=O)OC(C)(C)C)n[nH]1. The Kier molecular flexibility index (Phi) is 6.25. The number of amides is 2. The van der Waals surface area contributed by atoms with Crippen molar-refractivity contribution in [2.45, 2.75) is 52.7 Å². The average molecular weight is 372 g/mol. The van der Waals surface area contributed by atoms with Crippen LogP contribution in [-0.2, 0) is 11.3 Å². The van der Waals surface area contributed by atoms with Gasteiger partial charge in [0.15, 0.2) is 5.69 Å². The van der Waals surface area contributed by atoms with Crippen LogP contribution >= 0.6 is 0 Å². The van der Waals surface area contributed by atoms with E-state index in [-0.39, 0.29) is 11.8 Å². The van der Waals surface area contributed by atoms with Crippen molar-refractivity contribution < 1.29 is 14.3 Å². The number of ether oxygens (including phenoxy) is 1. The van der Waals surface area contributed by atoms with Crippen LogP contribution in [0.4, 0.5) is 10.5 Å². The minimum atomic E-state index is -0.562. The molecule has 1 aromatic heterocycles. The standard InChI is InChI=1S/C20H28N4O3/c1-13(2)16-11-17(23-22-16)18(25)21-15-10-8-7-9-14(15)12-24(6)19(26)27-20(3,4)5/h7-11,13H,12H2,1-6H3,(H,21,25)(H,22,23). The van der Waals surface area contributed by atoms with Gasteiger partial charge in [-0.25, -0.2) is 4.79 Å². The molecule has 0 unspecified atom stereocenters. The molecule has 0 bridgehead atoms. The fourth-order valence-corrected chi connectivity index (χ4v) is 2.38. The molecule has 27 heavy (non-hydrogen) atoms. The van der Waals surface area contributed by atoms with E-state index in [2.05, 4.69) is 15.5 Å². The summed E-state index contributed by atoms with van der Waals surface area (Å²) in [6, 6.07) is 9.10. The number of carbonyl (C=O) groups excluding carboxylic acids is 2. The van der Waals surface area contributed by atoms with Gasteiger partial charge in [-0.05, 0) is 44.4 Å². The monoisotopic (exact) mass is 372 g/mol. The number of H-pyrrole nitrogens is 1. The maximum Gasteiger partial charge on any atom is 0.410 e. The molecule has 0 atom stereocenters. The molecule has 1 aromatic carbocycles. The Morgan fingerprint density at radius 2 is 1.93 bits per heavy atom. The van der Waals surface area contributed by atoms with Crippen LogP contribution < -0.4 is 5.32 Å². The van der Waals surface area contributed by atoms with E-state index in [9.17, 15) is 9.59 Å². The molecule has 0 saturated heterocycles. The molecule has 0 aliphatic carbocycles. The summed E-state index contributed by atoms with van der Waals surface area (Å²) in [6.45, 7) is 9.82. The number of hydrogen-bond donors (Lipinski definition) is 2. The number of hydrogen-bond acceptors (Lipinski definition) is 4. The van der Waals surface area contributed by atoms with Crippen molar-refractivity contribution in [2.24, 2.45) is 0 Å². The van der Waals surface area contributed by atoms with Gasteiger partial charge in [-0.1, -0.05) is 32.0 Å². The number of carbonyl (C=O) groups is 2. The van der Waals surface area contributed by atoms with Crippen LogP contribution in [-0.4, -0.2) is 39.7 Å². The van der Waals surface area contributed by atoms with E-state index < -0.39 is 11.7 Å². The summed E-state index contributed by atoms with van der Waals surface area (Å²) in [4.78, 5) is 26.2. The predicted octanol–water partition coefficient (Wildman–Crippen LogP) is 4.15. The summed E-state index contributed by atoms with van der Waals surface area (Å²) in [5, 5.41) is 9.82. The quantitative estimate of drug-likeness (QED) is 0.825. The fourth-order valence-electron chi connectivity index (χ4n) is 2.38. The highest BCUT2D eigenvalue weighted by Gasteiger charge is 2.21. The molecule has 0 spiro atoms. The van der Waals surface area contributed by atoms with Crippen LogP contribution in [0.3, 0.4) is 0 Å². The maximum atomic E-state index is 12.5. The molecule has 7 heteroatoms. The molecule has 146 valence electrons. The Morgan fingerprint density at radius 1 is 1.26 bits per heavy atom. The third-order valence-corrected chi connectivity index (χ3v) is 3.83. The van der Waals surface area contributed by atoms with Gasteiger partial charge in [-0.3, -0.25) is 9.89 Å². The van der Waals surface area contributed by atoms with E-state index in [1.165, 1.54) is 4.90 Å². The number of para-hydroxylation sites is 1. The second-order valence-electron chi connectivity index (χ2n) is 7.81. The highest BCUT2D eigenvalue weighted by Crippen LogP contribution is 2.20. The van der Waals surface area contributed by atoms with Gasteiger partial charge >= 0.3 is 6.09 Å². The van der Waals surface area contributed by atoms with Crippen molar-refractivity contribution in [2.75, 3.05) is 12.4 Å². The average Bonchev–Trinajstić information content (AvgIpc) is 3.05. The van der Waals surface area contributed by atoms with Gasteiger partial charge in [-0.2, -0.15) is 5.10 Å². The first kappa shape index (κ1) is 20.5. The van der Waals surface area contributed by atoms with Gasteiger partial charge in [-0.15, -0.1) is 0 Å². The molecule has 1 heterocycles. The van der Waals surface area contributed by atoms with Crippen molar-refractivity contribution in [1.82, 2.24) is 15.1 Å². The Balaban J connectivity index is 2.10. The first-order valence-electron chi connectivity index (χ1n) is 8.95. The van der Waals surface area contributed by atoms with Crippen LogP contribution in [0, 0.1) is 0 Å². The summed E-state index contributed by atoms with van der Waals surface area (Å²) >= 11 is 0. The van der Waals surface area contributed by atoms with E-state index in [0.29, 0.717) is 17.9 Å². The summed E-state index contributed by atoms with van der Waals surface area (Å²) in [5.74, 6) is -0.0423. The fraction of sp³-hybridized carbons (Fsp3) is 0.450. The Bertz CT molecular complexity index is 806. The van der Waals surface area contributed by atoms with E-state index >= 15 is 0 Å². The molecular formula is C20H28N4O3. The summed E-state index contributed by atoms with van der Waals surface area (Å²) in [6.07, 6.45) is -0.419. The molecule has 0 fully saturated rings. The second-order valence-corrected chi connectivity index (χ2v) is 7.81. The number of benzene rings is 1. The van der Waals surface area contributed by atoms with E-state index in [0.717, 1.165) is 11.3 Å². The minimum absolute atomic E-state index is 0.258. The number of nitrogens with zero attached hydrogens (tertiary/aromatic N) is 2. The number of aromatic nitrogens is 2. The van der Waals surface area contributed by atoms with Gasteiger partial charge < -0.3 is 15.0 Å². The molecule has 0 aliphatic rings. The van der Waals surface area contributed by atoms with E-state index in [4.69, 9.17) is 4.74 Å². The third kappa shape index (κ3) is 5.84. The first-order valence-corrected chi connectivity index (χ1v) is 8.95. The summed E-state index contributed by atoms with van der Waals surface area (Å²) in [7, 11) is 1.66. The Labute approximate surface area is 160 Å². The molecule has 2 N–H and O–H groups in total. The lowest BCUT2D eigenvalue weighted by molar-refractivity contribution is 0.0285. The van der Waals surface area contributed by atoms with E-state index in [1.54, 1.807) is 19.2 Å². The van der Waals surface area contributed by atoms with Crippen LogP contribution in [0.2, 0.25) is 0 Å². The van der Waals surface area contributed by atoms with Crippen LogP contribution in [0.5, 0.6) is 0 Å². The molecule has 0 radical (unpaired) electrons. The second kappa shape index (κ2) is 8.24. The lowest BCUT2D eigenvalue weighted by atomic mass is 10.1. The number of anilines is 1. The van der Waals surface area contributed by atoms with Crippen LogP contribution in [0.25, 0.3) is 0 Å². The highest BCUT2D eigenvalue weighted by atomic mass is 16.6. The summed E-state index contributed by atoms with van der Waals surface area (Å²) < 4.78 is 5.37. The first-order chi connectivity index (χ1) is 12.6. The topological polar surface area (TPSA) is 87.3 Å². The number of nitrogens with one attached hydrogen (secondary N) is 2. The van der Waals surface area contributed by atoms with Gasteiger partial charge in [0.05, 0.1) is 6.54 Å². The highest BCUT2D eigenvalue weighted by molar-refractivity contribution is 6.03. The number of aromatic amines is 1. The molecule has 7 nitrogen and oxygen atoms in total. The van der Waals surface area contributed by atoms with E-state index in [1.807, 2.05) is 52.8 Å². The molecule has 2 rings (SSSR count). The smallest absolute Gasteiger partial charge is 0.410 e. The van der Waals surface area contributed by atoms with Crippen molar-refractivity contribution in [1.29, 1.82) is 0 Å². The van der Waals surface area contributed by atoms with Gasteiger partial charge in [0.2, 0.25) is 0 Å².